The molecule has 0 N–H and O–H groups in total. The lowest BCUT2D eigenvalue weighted by molar-refractivity contribution is 0.0861. The second kappa shape index (κ2) is 6.87. The van der Waals surface area contributed by atoms with E-state index in [0.29, 0.717) is 17.2 Å². The van der Waals surface area contributed by atoms with Crippen molar-refractivity contribution in [1.29, 1.82) is 0 Å². The third kappa shape index (κ3) is 3.81. The van der Waals surface area contributed by atoms with Gasteiger partial charge in [0.15, 0.2) is 5.78 Å². The number of nitrogens with zero attached hydrogens (tertiary/aromatic N) is 1. The molecule has 0 bridgehead atoms. The van der Waals surface area contributed by atoms with Crippen LogP contribution in [0.3, 0.4) is 0 Å². The number of carbonyl (C=O) groups excluding carboxylic acids is 1. The first-order valence-corrected chi connectivity index (χ1v) is 7.76. The van der Waals surface area contributed by atoms with Crippen LogP contribution in [-0.4, -0.2) is 16.9 Å². The fourth-order valence-electron chi connectivity index (χ4n) is 3.03. The fourth-order valence-corrected chi connectivity index (χ4v) is 3.03. The van der Waals surface area contributed by atoms with Crippen molar-refractivity contribution in [2.75, 3.05) is 0 Å². The van der Waals surface area contributed by atoms with Gasteiger partial charge in [0.2, 0.25) is 0 Å². The smallest absolute Gasteiger partial charge is 0.167 e. The monoisotopic (exact) mass is 275 g/mol. The summed E-state index contributed by atoms with van der Waals surface area (Å²) in [5.74, 6) is 1.81. The van der Waals surface area contributed by atoms with Gasteiger partial charge in [0.05, 0.1) is 12.3 Å². The number of ketones is 1. The van der Waals surface area contributed by atoms with E-state index in [0.717, 1.165) is 12.8 Å². The molecule has 1 aromatic heterocycles. The summed E-state index contributed by atoms with van der Waals surface area (Å²) in [7, 11) is 0. The zero-order chi connectivity index (χ0) is 14.5. The van der Waals surface area contributed by atoms with Crippen molar-refractivity contribution in [1.82, 2.24) is 4.98 Å². The average Bonchev–Trinajstić information content (AvgIpc) is 2.46. The Morgan fingerprint density at radius 2 is 2.20 bits per heavy atom. The summed E-state index contributed by atoms with van der Waals surface area (Å²) < 4.78 is 5.62. The minimum Gasteiger partial charge on any atom is -0.489 e. The number of hydrogen-bond acceptors (Lipinski definition) is 3. The summed E-state index contributed by atoms with van der Waals surface area (Å²) in [6.45, 7) is 6.17. The van der Waals surface area contributed by atoms with Crippen LogP contribution in [0.4, 0.5) is 0 Å². The normalized spacial score (nSPS) is 22.8. The molecule has 2 rings (SSSR count). The third-order valence-electron chi connectivity index (χ3n) is 4.10. The van der Waals surface area contributed by atoms with Crippen LogP contribution in [0.1, 0.15) is 63.2 Å². The predicted molar refractivity (Wildman–Crippen MR) is 80.1 cm³/mol. The van der Waals surface area contributed by atoms with Crippen LogP contribution in [0, 0.1) is 11.8 Å². The minimum atomic E-state index is 0.0984. The number of carbonyl (C=O) groups is 1. The second-order valence-corrected chi connectivity index (χ2v) is 6.08. The van der Waals surface area contributed by atoms with E-state index in [1.54, 1.807) is 12.4 Å². The van der Waals surface area contributed by atoms with Crippen LogP contribution in [0.2, 0.25) is 0 Å². The minimum absolute atomic E-state index is 0.0984. The molecule has 0 aromatic carbocycles. The quantitative estimate of drug-likeness (QED) is 0.753. The van der Waals surface area contributed by atoms with Gasteiger partial charge in [-0.25, -0.2) is 0 Å². The second-order valence-electron chi connectivity index (χ2n) is 6.08. The summed E-state index contributed by atoms with van der Waals surface area (Å²) in [6.07, 6.45) is 9.12. The number of pyridine rings is 1. The summed E-state index contributed by atoms with van der Waals surface area (Å²) in [4.78, 5) is 16.8. The molecular formula is C17H25NO2. The van der Waals surface area contributed by atoms with Gasteiger partial charge in [-0.05, 0) is 38.7 Å². The van der Waals surface area contributed by atoms with Gasteiger partial charge in [-0.15, -0.1) is 0 Å². The van der Waals surface area contributed by atoms with Crippen molar-refractivity contribution >= 4 is 5.78 Å². The van der Waals surface area contributed by atoms with Gasteiger partial charge in [-0.2, -0.15) is 0 Å². The van der Waals surface area contributed by atoms with E-state index in [2.05, 4.69) is 11.9 Å². The topological polar surface area (TPSA) is 39.2 Å². The van der Waals surface area contributed by atoms with Crippen molar-refractivity contribution in [2.24, 2.45) is 11.8 Å². The van der Waals surface area contributed by atoms with Crippen molar-refractivity contribution in [2.45, 2.75) is 59.0 Å². The molecule has 1 aliphatic rings. The number of Topliss-reactive ketones (excluding diaryl/α,β-unsaturated/α-hetero) is 1. The molecule has 0 radical (unpaired) electrons. The molecule has 3 nitrogen and oxygen atoms in total. The molecule has 1 saturated carbocycles. The van der Waals surface area contributed by atoms with Crippen molar-refractivity contribution in [3.63, 3.8) is 0 Å². The molecule has 0 aliphatic heterocycles. The van der Waals surface area contributed by atoms with E-state index < -0.39 is 0 Å². The van der Waals surface area contributed by atoms with Gasteiger partial charge in [0.25, 0.3) is 0 Å². The summed E-state index contributed by atoms with van der Waals surface area (Å²) in [5.41, 5.74) is 0.699. The molecule has 1 heterocycles. The van der Waals surface area contributed by atoms with Crippen molar-refractivity contribution in [3.05, 3.63) is 24.0 Å². The van der Waals surface area contributed by atoms with Gasteiger partial charge in [0.1, 0.15) is 5.75 Å². The Kier molecular flexibility index (Phi) is 5.16. The lowest BCUT2D eigenvalue weighted by Crippen LogP contribution is -2.23. The van der Waals surface area contributed by atoms with Crippen LogP contribution < -0.4 is 4.74 Å². The Morgan fingerprint density at radius 1 is 1.40 bits per heavy atom. The summed E-state index contributed by atoms with van der Waals surface area (Å²) >= 11 is 0. The SMILES string of the molecule is CCC1CCCC(C(=O)c2cncc(OC(C)C)c2)C1. The van der Waals surface area contributed by atoms with Gasteiger partial charge in [-0.1, -0.05) is 26.2 Å². The van der Waals surface area contributed by atoms with E-state index in [1.165, 1.54) is 19.3 Å². The largest absolute Gasteiger partial charge is 0.489 e. The number of ether oxygens (including phenoxy) is 1. The Morgan fingerprint density at radius 3 is 2.90 bits per heavy atom. The molecule has 2 unspecified atom stereocenters. The van der Waals surface area contributed by atoms with Gasteiger partial charge in [-0.3, -0.25) is 9.78 Å². The first-order chi connectivity index (χ1) is 9.60. The van der Waals surface area contributed by atoms with Crippen LogP contribution in [-0.2, 0) is 0 Å². The highest BCUT2D eigenvalue weighted by atomic mass is 16.5. The number of hydrogen-bond donors (Lipinski definition) is 0. The molecule has 0 spiro atoms. The molecule has 1 aliphatic carbocycles. The Balaban J connectivity index is 2.08. The molecule has 0 amide bonds. The molecule has 1 aromatic rings. The van der Waals surface area contributed by atoms with Crippen LogP contribution in [0.25, 0.3) is 0 Å². The predicted octanol–water partition coefficient (Wildman–Crippen LogP) is 4.27. The molecule has 1 fully saturated rings. The summed E-state index contributed by atoms with van der Waals surface area (Å²) in [5, 5.41) is 0. The lowest BCUT2D eigenvalue weighted by Gasteiger charge is -2.27. The highest BCUT2D eigenvalue weighted by Crippen LogP contribution is 2.33. The third-order valence-corrected chi connectivity index (χ3v) is 4.10. The molecule has 20 heavy (non-hydrogen) atoms. The van der Waals surface area contributed by atoms with E-state index in [4.69, 9.17) is 4.74 Å². The molecular weight excluding hydrogens is 250 g/mol. The van der Waals surface area contributed by atoms with E-state index in [-0.39, 0.29) is 17.8 Å². The van der Waals surface area contributed by atoms with E-state index in [9.17, 15) is 4.79 Å². The standard InChI is InChI=1S/C17H25NO2/c1-4-13-6-5-7-14(8-13)17(19)15-9-16(11-18-10-15)20-12(2)3/h9-14H,4-8H2,1-3H3. The van der Waals surface area contributed by atoms with Gasteiger partial charge < -0.3 is 4.74 Å². The first-order valence-electron chi connectivity index (χ1n) is 7.76. The maximum Gasteiger partial charge on any atom is 0.167 e. The maximum absolute atomic E-state index is 12.6. The summed E-state index contributed by atoms with van der Waals surface area (Å²) in [6, 6.07) is 1.84. The first kappa shape index (κ1) is 15.0. The molecule has 3 heteroatoms. The zero-order valence-electron chi connectivity index (χ0n) is 12.8. The van der Waals surface area contributed by atoms with Gasteiger partial charge in [0, 0.05) is 17.7 Å². The molecule has 110 valence electrons. The van der Waals surface area contributed by atoms with Crippen LogP contribution in [0.15, 0.2) is 18.5 Å². The maximum atomic E-state index is 12.6. The molecule has 0 saturated heterocycles. The lowest BCUT2D eigenvalue weighted by atomic mass is 9.77. The Labute approximate surface area is 121 Å². The van der Waals surface area contributed by atoms with Gasteiger partial charge >= 0.3 is 0 Å². The average molecular weight is 275 g/mol. The highest BCUT2D eigenvalue weighted by molar-refractivity contribution is 5.97. The van der Waals surface area contributed by atoms with E-state index >= 15 is 0 Å². The van der Waals surface area contributed by atoms with Crippen LogP contribution >= 0.6 is 0 Å². The fraction of sp³-hybridized carbons (Fsp3) is 0.647. The van der Waals surface area contributed by atoms with Crippen molar-refractivity contribution < 1.29 is 9.53 Å². The van der Waals surface area contributed by atoms with E-state index in [1.807, 2.05) is 19.9 Å². The number of aromatic nitrogens is 1. The van der Waals surface area contributed by atoms with Crippen molar-refractivity contribution in [3.8, 4) is 5.75 Å². The molecule has 2 atom stereocenters. The zero-order valence-corrected chi connectivity index (χ0v) is 12.8. The van der Waals surface area contributed by atoms with Crippen LogP contribution in [0.5, 0.6) is 5.75 Å². The highest BCUT2D eigenvalue weighted by Gasteiger charge is 2.27. The Bertz CT molecular complexity index is 456. The number of rotatable bonds is 5. The Hall–Kier alpha value is -1.38.